The van der Waals surface area contributed by atoms with Crippen LogP contribution in [0.2, 0.25) is 0 Å². The van der Waals surface area contributed by atoms with Gasteiger partial charge in [-0.1, -0.05) is 12.8 Å². The molecule has 2 heterocycles. The number of unbranched alkanes of at least 4 members (excludes halogenated alkanes) is 1. The molecule has 0 saturated carbocycles. The number of hydrogen-bond acceptors (Lipinski definition) is 3. The number of aliphatic hydroxyl groups is 1. The molecule has 0 aromatic carbocycles. The van der Waals surface area contributed by atoms with E-state index in [1.807, 2.05) is 0 Å². The van der Waals surface area contributed by atoms with E-state index in [1.54, 1.807) is 6.92 Å². The highest BCUT2D eigenvalue weighted by Crippen LogP contribution is 2.30. The van der Waals surface area contributed by atoms with Crippen molar-refractivity contribution in [3.63, 3.8) is 0 Å². The molecular formula is C17H32N2O2. The highest BCUT2D eigenvalue weighted by molar-refractivity contribution is 5.73. The third-order valence-electron chi connectivity index (χ3n) is 5.26. The van der Waals surface area contributed by atoms with Gasteiger partial charge in [0.2, 0.25) is 5.91 Å². The normalized spacial score (nSPS) is 25.8. The van der Waals surface area contributed by atoms with Gasteiger partial charge in [0.25, 0.3) is 0 Å². The second-order valence-corrected chi connectivity index (χ2v) is 6.74. The minimum Gasteiger partial charge on any atom is -0.396 e. The standard InChI is InChI=1S/C17H32N2O2/c1-15(21)19-11-4-2-3-7-17(19)16-8-12-18(13-9-16)10-5-6-14-20/h16-17,20H,2-14H2,1H3. The van der Waals surface area contributed by atoms with E-state index in [0.717, 1.165) is 25.9 Å². The van der Waals surface area contributed by atoms with Crippen molar-refractivity contribution in [2.24, 2.45) is 5.92 Å². The van der Waals surface area contributed by atoms with E-state index in [2.05, 4.69) is 9.80 Å². The van der Waals surface area contributed by atoms with Gasteiger partial charge in [0, 0.05) is 26.1 Å². The highest BCUT2D eigenvalue weighted by Gasteiger charge is 2.32. The Morgan fingerprint density at radius 1 is 1.05 bits per heavy atom. The molecule has 21 heavy (non-hydrogen) atoms. The Morgan fingerprint density at radius 3 is 2.48 bits per heavy atom. The predicted octanol–water partition coefficient (Wildman–Crippen LogP) is 2.26. The molecule has 2 fully saturated rings. The number of likely N-dealkylation sites (tertiary alicyclic amines) is 2. The average molecular weight is 296 g/mol. The topological polar surface area (TPSA) is 43.8 Å². The lowest BCUT2D eigenvalue weighted by atomic mass is 9.86. The Balaban J connectivity index is 1.83. The van der Waals surface area contributed by atoms with Gasteiger partial charge < -0.3 is 14.9 Å². The van der Waals surface area contributed by atoms with Crippen LogP contribution in [0.3, 0.4) is 0 Å². The van der Waals surface area contributed by atoms with Gasteiger partial charge in [-0.25, -0.2) is 0 Å². The average Bonchev–Trinajstić information content (AvgIpc) is 2.74. The van der Waals surface area contributed by atoms with E-state index in [9.17, 15) is 4.79 Å². The van der Waals surface area contributed by atoms with Crippen LogP contribution in [0.4, 0.5) is 0 Å². The zero-order valence-electron chi connectivity index (χ0n) is 13.6. The summed E-state index contributed by atoms with van der Waals surface area (Å²) in [5, 5.41) is 8.86. The minimum absolute atomic E-state index is 0.271. The number of carbonyl (C=O) groups is 1. The first-order valence-electron chi connectivity index (χ1n) is 8.83. The summed E-state index contributed by atoms with van der Waals surface area (Å²) >= 11 is 0. The fraction of sp³-hybridized carbons (Fsp3) is 0.941. The molecule has 4 nitrogen and oxygen atoms in total. The second kappa shape index (κ2) is 8.74. The third kappa shape index (κ3) is 4.96. The summed E-state index contributed by atoms with van der Waals surface area (Å²) in [6.07, 6.45) is 9.42. The van der Waals surface area contributed by atoms with Crippen LogP contribution in [0, 0.1) is 5.92 Å². The van der Waals surface area contributed by atoms with E-state index < -0.39 is 0 Å². The number of nitrogens with zero attached hydrogens (tertiary/aromatic N) is 2. The maximum Gasteiger partial charge on any atom is 0.219 e. The molecule has 0 aliphatic carbocycles. The summed E-state index contributed by atoms with van der Waals surface area (Å²) in [5.74, 6) is 0.966. The third-order valence-corrected chi connectivity index (χ3v) is 5.26. The van der Waals surface area contributed by atoms with Crippen LogP contribution in [0.25, 0.3) is 0 Å². The van der Waals surface area contributed by atoms with E-state index in [-0.39, 0.29) is 5.91 Å². The van der Waals surface area contributed by atoms with Crippen LogP contribution in [0.1, 0.15) is 58.3 Å². The summed E-state index contributed by atoms with van der Waals surface area (Å²) in [4.78, 5) is 16.6. The molecule has 122 valence electrons. The highest BCUT2D eigenvalue weighted by atomic mass is 16.2. The first-order chi connectivity index (χ1) is 10.2. The molecule has 2 rings (SSSR count). The van der Waals surface area contributed by atoms with Crippen molar-refractivity contribution in [2.75, 3.05) is 32.8 Å². The quantitative estimate of drug-likeness (QED) is 0.792. The summed E-state index contributed by atoms with van der Waals surface area (Å²) in [7, 11) is 0. The number of aliphatic hydroxyl groups excluding tert-OH is 1. The van der Waals surface area contributed by atoms with Crippen LogP contribution in [0.15, 0.2) is 0 Å². The van der Waals surface area contributed by atoms with Crippen molar-refractivity contribution in [1.29, 1.82) is 0 Å². The van der Waals surface area contributed by atoms with Crippen LogP contribution < -0.4 is 0 Å². The second-order valence-electron chi connectivity index (χ2n) is 6.74. The molecule has 1 atom stereocenters. The van der Waals surface area contributed by atoms with E-state index >= 15 is 0 Å². The van der Waals surface area contributed by atoms with Gasteiger partial charge in [-0.3, -0.25) is 4.79 Å². The van der Waals surface area contributed by atoms with Crippen LogP contribution in [-0.2, 0) is 4.79 Å². The lowest BCUT2D eigenvalue weighted by molar-refractivity contribution is -0.132. The zero-order valence-corrected chi connectivity index (χ0v) is 13.6. The van der Waals surface area contributed by atoms with Crippen molar-refractivity contribution in [3.05, 3.63) is 0 Å². The smallest absolute Gasteiger partial charge is 0.219 e. The lowest BCUT2D eigenvalue weighted by Gasteiger charge is -2.40. The summed E-state index contributed by atoms with van der Waals surface area (Å²) in [6, 6.07) is 0.490. The Labute approximate surface area is 129 Å². The predicted molar refractivity (Wildman–Crippen MR) is 85.1 cm³/mol. The van der Waals surface area contributed by atoms with Gasteiger partial charge in [-0.2, -0.15) is 0 Å². The fourth-order valence-electron chi connectivity index (χ4n) is 4.02. The van der Waals surface area contributed by atoms with E-state index in [0.29, 0.717) is 18.6 Å². The molecule has 1 amide bonds. The van der Waals surface area contributed by atoms with Crippen LogP contribution >= 0.6 is 0 Å². The van der Waals surface area contributed by atoms with Crippen LogP contribution in [-0.4, -0.2) is 59.6 Å². The summed E-state index contributed by atoms with van der Waals surface area (Å²) < 4.78 is 0. The Bertz CT molecular complexity index is 314. The Morgan fingerprint density at radius 2 is 1.81 bits per heavy atom. The van der Waals surface area contributed by atoms with Gasteiger partial charge in [0.05, 0.1) is 0 Å². The van der Waals surface area contributed by atoms with E-state index in [1.165, 1.54) is 51.6 Å². The minimum atomic E-state index is 0.271. The molecule has 4 heteroatoms. The van der Waals surface area contributed by atoms with Crippen molar-refractivity contribution in [1.82, 2.24) is 9.80 Å². The molecule has 2 aliphatic heterocycles. The number of piperidine rings is 1. The molecule has 0 spiro atoms. The summed E-state index contributed by atoms with van der Waals surface area (Å²) in [5.41, 5.74) is 0. The Hall–Kier alpha value is -0.610. The zero-order chi connectivity index (χ0) is 15.1. The first kappa shape index (κ1) is 16.8. The molecule has 1 N–H and O–H groups in total. The largest absolute Gasteiger partial charge is 0.396 e. The van der Waals surface area contributed by atoms with Gasteiger partial charge in [-0.05, 0) is 64.1 Å². The monoisotopic (exact) mass is 296 g/mol. The van der Waals surface area contributed by atoms with Gasteiger partial charge in [0.15, 0.2) is 0 Å². The number of rotatable bonds is 5. The molecule has 0 bridgehead atoms. The molecule has 0 radical (unpaired) electrons. The SMILES string of the molecule is CC(=O)N1CCCCCC1C1CCN(CCCCO)CC1. The number of amides is 1. The van der Waals surface area contributed by atoms with Crippen molar-refractivity contribution < 1.29 is 9.90 Å². The van der Waals surface area contributed by atoms with Gasteiger partial charge in [0.1, 0.15) is 0 Å². The molecule has 0 aromatic heterocycles. The maximum atomic E-state index is 11.9. The molecule has 0 aromatic rings. The maximum absolute atomic E-state index is 11.9. The van der Waals surface area contributed by atoms with Crippen molar-refractivity contribution in [3.8, 4) is 0 Å². The number of carbonyl (C=O) groups excluding carboxylic acids is 1. The summed E-state index contributed by atoms with van der Waals surface area (Å²) in [6.45, 7) is 6.47. The molecule has 2 aliphatic rings. The van der Waals surface area contributed by atoms with Gasteiger partial charge >= 0.3 is 0 Å². The molecule has 1 unspecified atom stereocenters. The van der Waals surface area contributed by atoms with E-state index in [4.69, 9.17) is 5.11 Å². The van der Waals surface area contributed by atoms with Crippen molar-refractivity contribution in [2.45, 2.75) is 64.3 Å². The Kier molecular flexibility index (Phi) is 6.97. The molecule has 2 saturated heterocycles. The number of hydrogen-bond donors (Lipinski definition) is 1. The molecular weight excluding hydrogens is 264 g/mol. The van der Waals surface area contributed by atoms with Crippen molar-refractivity contribution >= 4 is 5.91 Å². The van der Waals surface area contributed by atoms with Gasteiger partial charge in [-0.15, -0.1) is 0 Å². The fourth-order valence-corrected chi connectivity index (χ4v) is 4.02. The first-order valence-corrected chi connectivity index (χ1v) is 8.83. The lowest BCUT2D eigenvalue weighted by Crippen LogP contribution is -2.47. The van der Waals surface area contributed by atoms with Crippen LogP contribution in [0.5, 0.6) is 0 Å².